The Balaban J connectivity index is 1.46. The second-order valence-electron chi connectivity index (χ2n) is 5.80. The molecule has 1 saturated heterocycles. The van der Waals surface area contributed by atoms with Gasteiger partial charge in [0.25, 0.3) is 0 Å². The maximum Gasteiger partial charge on any atom is 0.191 e. The molecule has 0 unspecified atom stereocenters. The van der Waals surface area contributed by atoms with Crippen LogP contribution in [0.5, 0.6) is 5.75 Å². The van der Waals surface area contributed by atoms with Crippen LogP contribution in [-0.2, 0) is 4.74 Å². The second kappa shape index (κ2) is 13.2. The molecular formula is C18H29BrN4O2S. The van der Waals surface area contributed by atoms with Crippen LogP contribution in [-0.4, -0.2) is 82.0 Å². The minimum atomic E-state index is 0.716. The zero-order valence-electron chi connectivity index (χ0n) is 15.4. The summed E-state index contributed by atoms with van der Waals surface area (Å²) in [7, 11) is 1.81. The minimum absolute atomic E-state index is 0.716. The summed E-state index contributed by atoms with van der Waals surface area (Å²) in [5.41, 5.74) is 0. The maximum atomic E-state index is 5.73. The van der Waals surface area contributed by atoms with Crippen LogP contribution in [0.2, 0.25) is 0 Å². The summed E-state index contributed by atoms with van der Waals surface area (Å²) in [5, 5.41) is 6.71. The number of morpholine rings is 1. The lowest BCUT2D eigenvalue weighted by Crippen LogP contribution is -2.44. The zero-order chi connectivity index (χ0) is 18.5. The molecule has 8 heteroatoms. The molecule has 146 valence electrons. The van der Waals surface area contributed by atoms with Gasteiger partial charge < -0.3 is 20.1 Å². The molecule has 2 rings (SSSR count). The molecule has 0 amide bonds. The fourth-order valence-electron chi connectivity index (χ4n) is 2.50. The molecule has 0 radical (unpaired) electrons. The summed E-state index contributed by atoms with van der Waals surface area (Å²) >= 11 is 5.32. The second-order valence-corrected chi connectivity index (χ2v) is 7.94. The number of guanidine groups is 1. The van der Waals surface area contributed by atoms with E-state index < -0.39 is 0 Å². The highest BCUT2D eigenvalue weighted by atomic mass is 79.9. The van der Waals surface area contributed by atoms with Crippen LogP contribution in [0.25, 0.3) is 0 Å². The van der Waals surface area contributed by atoms with E-state index in [4.69, 9.17) is 9.47 Å². The van der Waals surface area contributed by atoms with Gasteiger partial charge in [0.2, 0.25) is 0 Å². The first-order valence-corrected chi connectivity index (χ1v) is 10.9. The summed E-state index contributed by atoms with van der Waals surface area (Å²) in [5.74, 6) is 3.76. The lowest BCUT2D eigenvalue weighted by molar-refractivity contribution is 0.0389. The Morgan fingerprint density at radius 1 is 1.27 bits per heavy atom. The Bertz CT molecular complexity index is 542. The third kappa shape index (κ3) is 9.12. The van der Waals surface area contributed by atoms with Crippen molar-refractivity contribution >= 4 is 33.7 Å². The van der Waals surface area contributed by atoms with E-state index in [9.17, 15) is 0 Å². The number of nitrogens with zero attached hydrogens (tertiary/aromatic N) is 2. The third-order valence-electron chi connectivity index (χ3n) is 3.88. The van der Waals surface area contributed by atoms with Gasteiger partial charge in [0.1, 0.15) is 5.75 Å². The Morgan fingerprint density at radius 2 is 2.08 bits per heavy atom. The fraction of sp³-hybridized carbons (Fsp3) is 0.611. The van der Waals surface area contributed by atoms with E-state index in [0.717, 1.165) is 73.6 Å². The van der Waals surface area contributed by atoms with Gasteiger partial charge in [0.05, 0.1) is 19.8 Å². The van der Waals surface area contributed by atoms with Crippen molar-refractivity contribution < 1.29 is 9.47 Å². The summed E-state index contributed by atoms with van der Waals surface area (Å²) in [6, 6.07) is 7.94. The number of benzene rings is 1. The number of thioether (sulfide) groups is 1. The van der Waals surface area contributed by atoms with Gasteiger partial charge in [-0.1, -0.05) is 22.0 Å². The Hall–Kier alpha value is -0.960. The largest absolute Gasteiger partial charge is 0.493 e. The molecule has 0 saturated carbocycles. The van der Waals surface area contributed by atoms with Crippen LogP contribution < -0.4 is 15.4 Å². The van der Waals surface area contributed by atoms with Crippen LogP contribution in [0.1, 0.15) is 0 Å². The molecule has 6 nitrogen and oxygen atoms in total. The monoisotopic (exact) mass is 444 g/mol. The van der Waals surface area contributed by atoms with Gasteiger partial charge >= 0.3 is 0 Å². The molecule has 1 aliphatic heterocycles. The van der Waals surface area contributed by atoms with Crippen LogP contribution in [0, 0.1) is 0 Å². The SMILES string of the molecule is CN=C(NCCSCCOc1cccc(Br)c1)NCCN1CCOCC1. The standard InChI is InChI=1S/C18H29BrN4O2S/c1-20-18(21-5-7-23-8-10-24-11-9-23)22-6-13-26-14-12-25-17-4-2-3-16(19)15-17/h2-4,15H,5-14H2,1H3,(H2,20,21,22). The molecule has 1 fully saturated rings. The highest BCUT2D eigenvalue weighted by molar-refractivity contribution is 9.10. The van der Waals surface area contributed by atoms with Gasteiger partial charge in [-0.2, -0.15) is 11.8 Å². The number of hydrogen-bond acceptors (Lipinski definition) is 5. The molecule has 0 spiro atoms. The molecule has 0 bridgehead atoms. The van der Waals surface area contributed by atoms with Crippen molar-refractivity contribution in [1.82, 2.24) is 15.5 Å². The van der Waals surface area contributed by atoms with Crippen molar-refractivity contribution in [3.05, 3.63) is 28.7 Å². The number of rotatable bonds is 10. The van der Waals surface area contributed by atoms with Crippen molar-refractivity contribution in [2.24, 2.45) is 4.99 Å². The van der Waals surface area contributed by atoms with Gasteiger partial charge in [-0.15, -0.1) is 0 Å². The van der Waals surface area contributed by atoms with E-state index in [2.05, 4.69) is 36.5 Å². The molecule has 0 aliphatic carbocycles. The fourth-order valence-corrected chi connectivity index (χ4v) is 3.53. The van der Waals surface area contributed by atoms with E-state index in [-0.39, 0.29) is 0 Å². The average molecular weight is 445 g/mol. The van der Waals surface area contributed by atoms with Crippen molar-refractivity contribution in [3.63, 3.8) is 0 Å². The number of ether oxygens (including phenoxy) is 2. The van der Waals surface area contributed by atoms with Crippen molar-refractivity contribution in [2.45, 2.75) is 0 Å². The molecule has 0 aromatic heterocycles. The van der Waals surface area contributed by atoms with E-state index in [1.807, 2.05) is 43.1 Å². The summed E-state index contributed by atoms with van der Waals surface area (Å²) in [6.45, 7) is 7.25. The summed E-state index contributed by atoms with van der Waals surface area (Å²) in [6.07, 6.45) is 0. The van der Waals surface area contributed by atoms with Gasteiger partial charge in [0, 0.05) is 55.7 Å². The normalized spacial score (nSPS) is 15.7. The predicted octanol–water partition coefficient (Wildman–Crippen LogP) is 2.06. The molecule has 1 aromatic rings. The first kappa shape index (κ1) is 21.3. The first-order valence-electron chi connectivity index (χ1n) is 8.98. The van der Waals surface area contributed by atoms with Gasteiger partial charge in [-0.25, -0.2) is 0 Å². The topological polar surface area (TPSA) is 58.1 Å². The highest BCUT2D eigenvalue weighted by Gasteiger charge is 2.09. The Labute approximate surface area is 169 Å². The average Bonchev–Trinajstić information content (AvgIpc) is 2.66. The summed E-state index contributed by atoms with van der Waals surface area (Å²) in [4.78, 5) is 6.67. The lowest BCUT2D eigenvalue weighted by Gasteiger charge is -2.26. The van der Waals surface area contributed by atoms with E-state index in [1.165, 1.54) is 0 Å². The van der Waals surface area contributed by atoms with Gasteiger partial charge in [0.15, 0.2) is 5.96 Å². The molecule has 2 N–H and O–H groups in total. The molecule has 26 heavy (non-hydrogen) atoms. The zero-order valence-corrected chi connectivity index (χ0v) is 17.8. The van der Waals surface area contributed by atoms with E-state index >= 15 is 0 Å². The third-order valence-corrected chi connectivity index (χ3v) is 5.32. The number of hydrogen-bond donors (Lipinski definition) is 2. The van der Waals surface area contributed by atoms with Crippen molar-refractivity contribution in [2.75, 3.05) is 71.1 Å². The van der Waals surface area contributed by atoms with Crippen molar-refractivity contribution in [3.8, 4) is 5.75 Å². The molecule has 1 heterocycles. The quantitative estimate of drug-likeness (QED) is 0.327. The smallest absolute Gasteiger partial charge is 0.191 e. The number of aliphatic imine (C=N–C) groups is 1. The predicted molar refractivity (Wildman–Crippen MR) is 114 cm³/mol. The molecular weight excluding hydrogens is 416 g/mol. The van der Waals surface area contributed by atoms with Crippen LogP contribution in [0.4, 0.5) is 0 Å². The number of nitrogens with one attached hydrogen (secondary N) is 2. The maximum absolute atomic E-state index is 5.73. The first-order chi connectivity index (χ1) is 12.8. The molecule has 1 aliphatic rings. The summed E-state index contributed by atoms with van der Waals surface area (Å²) < 4.78 is 12.1. The van der Waals surface area contributed by atoms with Crippen LogP contribution in [0.3, 0.4) is 0 Å². The van der Waals surface area contributed by atoms with Crippen LogP contribution >= 0.6 is 27.7 Å². The van der Waals surface area contributed by atoms with Gasteiger partial charge in [-0.3, -0.25) is 9.89 Å². The number of halogens is 1. The van der Waals surface area contributed by atoms with Gasteiger partial charge in [-0.05, 0) is 18.2 Å². The highest BCUT2D eigenvalue weighted by Crippen LogP contribution is 2.17. The Kier molecular flexibility index (Phi) is 10.9. The molecule has 0 atom stereocenters. The Morgan fingerprint density at radius 3 is 2.85 bits per heavy atom. The lowest BCUT2D eigenvalue weighted by atomic mass is 10.3. The van der Waals surface area contributed by atoms with Crippen LogP contribution in [0.15, 0.2) is 33.7 Å². The van der Waals surface area contributed by atoms with Crippen molar-refractivity contribution in [1.29, 1.82) is 0 Å². The molecule has 1 aromatic carbocycles. The van der Waals surface area contributed by atoms with E-state index in [1.54, 1.807) is 0 Å². The van der Waals surface area contributed by atoms with E-state index in [0.29, 0.717) is 6.61 Å². The minimum Gasteiger partial charge on any atom is -0.493 e.